The summed E-state index contributed by atoms with van der Waals surface area (Å²) in [4.78, 5) is 46.7. The number of sulfonamides is 1. The monoisotopic (exact) mass is 755 g/mol. The van der Waals surface area contributed by atoms with Gasteiger partial charge in [0.25, 0.3) is 21.2 Å². The Bertz CT molecular complexity index is 1850. The van der Waals surface area contributed by atoms with Crippen LogP contribution in [-0.2, 0) is 21.2 Å². The highest BCUT2D eigenvalue weighted by Gasteiger charge is 2.31. The summed E-state index contributed by atoms with van der Waals surface area (Å²) in [6.45, 7) is 0.687. The van der Waals surface area contributed by atoms with Crippen molar-refractivity contribution < 1.29 is 37.1 Å². The van der Waals surface area contributed by atoms with Gasteiger partial charge in [-0.05, 0) is 79.4 Å². The number of hydrogen-bond donors (Lipinski definition) is 4. The molecule has 0 radical (unpaired) electrons. The van der Waals surface area contributed by atoms with Crippen LogP contribution in [0.25, 0.3) is 0 Å². The highest BCUT2D eigenvalue weighted by molar-refractivity contribution is 8.15. The van der Waals surface area contributed by atoms with Crippen molar-refractivity contribution in [3.8, 4) is 17.6 Å². The van der Waals surface area contributed by atoms with E-state index in [0.29, 0.717) is 53.6 Å². The average Bonchev–Trinajstić information content (AvgIpc) is 3.45. The maximum Gasteiger partial charge on any atom is 0.328 e. The van der Waals surface area contributed by atoms with Gasteiger partial charge in [0, 0.05) is 24.0 Å². The van der Waals surface area contributed by atoms with Crippen molar-refractivity contribution in [3.05, 3.63) is 88.4 Å². The van der Waals surface area contributed by atoms with Crippen molar-refractivity contribution in [1.82, 2.24) is 20.7 Å². The maximum atomic E-state index is 12.5. The minimum absolute atomic E-state index is 0.00209. The van der Waals surface area contributed by atoms with Crippen LogP contribution < -0.4 is 30.1 Å². The van der Waals surface area contributed by atoms with E-state index in [0.717, 1.165) is 49.4 Å². The average molecular weight is 756 g/mol. The lowest BCUT2D eigenvalue weighted by Crippen LogP contribution is -2.45. The maximum absolute atomic E-state index is 12.5. The predicted octanol–water partition coefficient (Wildman–Crippen LogP) is 5.32. The molecule has 4 N–H and O–H groups in total. The highest BCUT2D eigenvalue weighted by Crippen LogP contribution is 2.24. The van der Waals surface area contributed by atoms with E-state index in [2.05, 4.69) is 20.7 Å². The lowest BCUT2D eigenvalue weighted by molar-refractivity contribution is -0.119. The Kier molecular flexibility index (Phi) is 14.5. The minimum atomic E-state index is -3.97. The van der Waals surface area contributed by atoms with Gasteiger partial charge in [-0.25, -0.2) is 17.9 Å². The van der Waals surface area contributed by atoms with Crippen LogP contribution in [0.2, 0.25) is 5.02 Å². The number of amides is 5. The van der Waals surface area contributed by atoms with Crippen LogP contribution in [0.5, 0.6) is 11.5 Å². The second-order valence-corrected chi connectivity index (χ2v) is 14.9. The Morgan fingerprint density at radius 1 is 1.02 bits per heavy atom. The number of methoxy groups -OCH3 is 1. The molecule has 1 saturated carbocycles. The zero-order chi connectivity index (χ0) is 36.8. The first-order chi connectivity index (χ1) is 24.5. The number of halogens is 1. The number of nitriles is 1. The van der Waals surface area contributed by atoms with Crippen LogP contribution in [0.3, 0.4) is 0 Å². The molecule has 1 aliphatic carbocycles. The predicted molar refractivity (Wildman–Crippen MR) is 192 cm³/mol. The summed E-state index contributed by atoms with van der Waals surface area (Å²) in [6, 6.07) is 19.0. The normalized spacial score (nSPS) is 15.7. The number of carbonyl (C=O) groups excluding carboxylic acids is 4. The van der Waals surface area contributed by atoms with Crippen molar-refractivity contribution >= 4 is 56.5 Å². The second-order valence-electron chi connectivity index (χ2n) is 11.6. The summed E-state index contributed by atoms with van der Waals surface area (Å²) in [5, 5.41) is 16.1. The molecule has 16 heteroatoms. The molecule has 3 aromatic rings. The van der Waals surface area contributed by atoms with Gasteiger partial charge >= 0.3 is 6.03 Å². The molecule has 5 rings (SSSR count). The molecule has 2 aliphatic rings. The molecule has 1 aliphatic heterocycles. The second kappa shape index (κ2) is 19.0. The third kappa shape index (κ3) is 12.2. The number of nitrogens with one attached hydrogen (secondary N) is 4. The number of thioether (sulfide) groups is 1. The Morgan fingerprint density at radius 3 is 2.35 bits per heavy atom. The molecule has 51 heavy (non-hydrogen) atoms. The van der Waals surface area contributed by atoms with E-state index in [9.17, 15) is 27.6 Å². The summed E-state index contributed by atoms with van der Waals surface area (Å²) in [6.07, 6.45) is 5.90. The molecule has 1 atom stereocenters. The zero-order valence-electron chi connectivity index (χ0n) is 27.8. The number of ether oxygens (including phenoxy) is 2. The van der Waals surface area contributed by atoms with Crippen molar-refractivity contribution in [1.29, 1.82) is 5.26 Å². The van der Waals surface area contributed by atoms with Gasteiger partial charge in [-0.1, -0.05) is 54.8 Å². The van der Waals surface area contributed by atoms with Gasteiger partial charge in [-0.15, -0.1) is 0 Å². The molecule has 270 valence electrons. The van der Waals surface area contributed by atoms with Gasteiger partial charge in [0.1, 0.15) is 11.5 Å². The first kappa shape index (κ1) is 39.0. The number of imide groups is 1. The fourth-order valence-electron chi connectivity index (χ4n) is 5.24. The topological polar surface area (TPSA) is 193 Å². The van der Waals surface area contributed by atoms with E-state index in [1.54, 1.807) is 48.5 Å². The van der Waals surface area contributed by atoms with Gasteiger partial charge in [0.05, 0.1) is 41.1 Å². The summed E-state index contributed by atoms with van der Waals surface area (Å²) >= 11 is 6.96. The van der Waals surface area contributed by atoms with Crippen LogP contribution in [0.1, 0.15) is 60.0 Å². The fourth-order valence-corrected chi connectivity index (χ4v) is 7.13. The van der Waals surface area contributed by atoms with Crippen LogP contribution >= 0.6 is 23.4 Å². The van der Waals surface area contributed by atoms with E-state index in [1.165, 1.54) is 25.3 Å². The van der Waals surface area contributed by atoms with Crippen LogP contribution in [0, 0.1) is 11.3 Å². The van der Waals surface area contributed by atoms with Crippen molar-refractivity contribution in [2.75, 3.05) is 20.3 Å². The summed E-state index contributed by atoms with van der Waals surface area (Å²) in [7, 11) is -2.49. The van der Waals surface area contributed by atoms with E-state index >= 15 is 0 Å². The number of urea groups is 1. The van der Waals surface area contributed by atoms with Gasteiger partial charge < -0.3 is 20.1 Å². The summed E-state index contributed by atoms with van der Waals surface area (Å²) < 4.78 is 37.7. The van der Waals surface area contributed by atoms with Crippen LogP contribution in [0.15, 0.2) is 71.6 Å². The minimum Gasteiger partial charge on any atom is -0.496 e. The van der Waals surface area contributed by atoms with Gasteiger partial charge in [-0.3, -0.25) is 19.7 Å². The molecular weight excluding hydrogens is 718 g/mol. The number of benzene rings is 3. The molecule has 1 unspecified atom stereocenters. The van der Waals surface area contributed by atoms with Crippen molar-refractivity contribution in [2.24, 2.45) is 0 Å². The van der Waals surface area contributed by atoms with Gasteiger partial charge in [0.15, 0.2) is 0 Å². The number of rotatable bonds is 12. The Morgan fingerprint density at radius 2 is 1.73 bits per heavy atom. The molecule has 0 bridgehead atoms. The molecule has 5 amide bonds. The molecular formula is C35H38ClN5O8S2. The molecule has 1 saturated heterocycles. The first-order valence-corrected chi connectivity index (χ1v) is 18.9. The third-order valence-corrected chi connectivity index (χ3v) is 10.5. The highest BCUT2D eigenvalue weighted by atomic mass is 35.5. The van der Waals surface area contributed by atoms with Crippen molar-refractivity contribution in [3.63, 3.8) is 0 Å². The Balaban J connectivity index is 0.000000272. The number of carbonyl (C=O) groups is 4. The lowest BCUT2D eigenvalue weighted by Gasteiger charge is -2.22. The van der Waals surface area contributed by atoms with Crippen LogP contribution in [-0.4, -0.2) is 63.1 Å². The van der Waals surface area contributed by atoms with E-state index < -0.39 is 16.1 Å². The fraction of sp³-hybridized carbons (Fsp3) is 0.343. The SMILES string of the molecule is COc1ccc(Cl)cc1C(=O)NCCc1ccc(S(=O)(=O)NC(=O)NC2CCCCC2)cc1.N#Cc1ccc(OCCC2SC(=O)NC2=O)cc1. The van der Waals surface area contributed by atoms with Crippen molar-refractivity contribution in [2.45, 2.75) is 61.1 Å². The molecule has 0 spiro atoms. The molecule has 3 aromatic carbocycles. The zero-order valence-corrected chi connectivity index (χ0v) is 30.2. The Hall–Kier alpha value is -4.78. The summed E-state index contributed by atoms with van der Waals surface area (Å²) in [5.41, 5.74) is 1.74. The largest absolute Gasteiger partial charge is 0.496 e. The van der Waals surface area contributed by atoms with E-state index in [4.69, 9.17) is 26.3 Å². The van der Waals surface area contributed by atoms with Crippen LogP contribution in [0.4, 0.5) is 9.59 Å². The van der Waals surface area contributed by atoms with E-state index in [-0.39, 0.29) is 33.2 Å². The molecule has 1 heterocycles. The van der Waals surface area contributed by atoms with Gasteiger partial charge in [-0.2, -0.15) is 5.26 Å². The van der Waals surface area contributed by atoms with Gasteiger partial charge in [0.2, 0.25) is 5.91 Å². The lowest BCUT2D eigenvalue weighted by atomic mass is 9.96. The van der Waals surface area contributed by atoms with E-state index in [1.807, 2.05) is 6.07 Å². The smallest absolute Gasteiger partial charge is 0.328 e. The quantitative estimate of drug-likeness (QED) is 0.188. The third-order valence-electron chi connectivity index (χ3n) is 7.91. The first-order valence-electron chi connectivity index (χ1n) is 16.2. The number of nitrogens with zero attached hydrogens (tertiary/aromatic N) is 1. The number of hydrogen-bond acceptors (Lipinski definition) is 10. The Labute approximate surface area is 305 Å². The molecule has 0 aromatic heterocycles. The molecule has 13 nitrogen and oxygen atoms in total. The standard InChI is InChI=1S/C23H28ClN3O5S.C12H10N2O3S/c1-32-21-12-9-17(24)15-20(21)22(28)25-14-13-16-7-10-19(11-8-16)33(30,31)27-23(29)26-18-5-3-2-4-6-18;13-7-8-1-3-9(4-2-8)17-6-5-10-11(15)14-12(16)18-10/h7-12,15,18H,2-6,13-14H2,1H3,(H,25,28)(H2,26,27,29);1-4,10H,5-6H2,(H,14,15,16). The molecule has 2 fully saturated rings. The summed E-state index contributed by atoms with van der Waals surface area (Å²) in [5.74, 6) is 0.491.